The molecule has 0 heterocycles. The molecule has 4 aliphatic rings. The number of fused-ring (bicyclic) bond motifs is 4. The van der Waals surface area contributed by atoms with Crippen LogP contribution < -0.4 is 4.74 Å². The van der Waals surface area contributed by atoms with Gasteiger partial charge in [0.15, 0.2) is 0 Å². The van der Waals surface area contributed by atoms with Crippen LogP contribution in [0.5, 0.6) is 5.75 Å². The zero-order chi connectivity index (χ0) is 22.5. The fourth-order valence-corrected chi connectivity index (χ4v) is 6.74. The fourth-order valence-electron chi connectivity index (χ4n) is 6.74. The molecule has 0 amide bonds. The molecule has 4 heteroatoms. The molecule has 3 atom stereocenters. The maximum absolute atomic E-state index is 13.0. The van der Waals surface area contributed by atoms with Crippen molar-refractivity contribution in [1.82, 2.24) is 4.90 Å². The maximum Gasteiger partial charge on any atom is 0.139 e. The number of ketones is 2. The van der Waals surface area contributed by atoms with Crippen molar-refractivity contribution in [2.75, 3.05) is 27.2 Å². The van der Waals surface area contributed by atoms with E-state index in [1.54, 1.807) is 0 Å². The molecule has 170 valence electrons. The van der Waals surface area contributed by atoms with Crippen LogP contribution in [0.4, 0.5) is 0 Å². The van der Waals surface area contributed by atoms with E-state index in [0.29, 0.717) is 42.9 Å². The molecular weight excluding hydrogens is 398 g/mol. The summed E-state index contributed by atoms with van der Waals surface area (Å²) < 4.78 is 5.91. The van der Waals surface area contributed by atoms with E-state index in [0.717, 1.165) is 50.8 Å². The molecule has 32 heavy (non-hydrogen) atoms. The maximum atomic E-state index is 13.0. The quantitative estimate of drug-likeness (QED) is 0.638. The van der Waals surface area contributed by atoms with Crippen LogP contribution in [0.1, 0.15) is 63.9 Å². The first-order valence-electron chi connectivity index (χ1n) is 12.2. The van der Waals surface area contributed by atoms with Crippen LogP contribution in [0.3, 0.4) is 0 Å². The third kappa shape index (κ3) is 3.67. The predicted octanol–water partition coefficient (Wildman–Crippen LogP) is 5.23. The minimum atomic E-state index is -0.243. The summed E-state index contributed by atoms with van der Waals surface area (Å²) in [6, 6.07) is 8.49. The number of carbonyl (C=O) groups excluding carboxylic acids is 2. The number of benzene rings is 1. The van der Waals surface area contributed by atoms with Gasteiger partial charge in [-0.15, -0.1) is 0 Å². The van der Waals surface area contributed by atoms with Crippen LogP contribution in [0.2, 0.25) is 0 Å². The van der Waals surface area contributed by atoms with Crippen molar-refractivity contribution in [1.29, 1.82) is 0 Å². The van der Waals surface area contributed by atoms with Gasteiger partial charge >= 0.3 is 0 Å². The van der Waals surface area contributed by atoms with Gasteiger partial charge < -0.3 is 9.64 Å². The number of allylic oxidation sites excluding steroid dienone is 4. The Balaban J connectivity index is 1.54. The molecule has 0 spiro atoms. The van der Waals surface area contributed by atoms with Gasteiger partial charge in [0, 0.05) is 31.2 Å². The Hall–Kier alpha value is -2.20. The highest BCUT2D eigenvalue weighted by Crippen LogP contribution is 2.61. The number of ether oxygens (including phenoxy) is 1. The highest BCUT2D eigenvalue weighted by Gasteiger charge is 2.54. The third-order valence-electron chi connectivity index (χ3n) is 8.45. The number of hydrogen-bond acceptors (Lipinski definition) is 4. The summed E-state index contributed by atoms with van der Waals surface area (Å²) in [6.45, 7) is 3.77. The van der Waals surface area contributed by atoms with Crippen molar-refractivity contribution in [3.63, 3.8) is 0 Å². The van der Waals surface area contributed by atoms with Crippen molar-refractivity contribution in [3.05, 3.63) is 46.5 Å². The predicted molar refractivity (Wildman–Crippen MR) is 126 cm³/mol. The van der Waals surface area contributed by atoms with Crippen molar-refractivity contribution in [3.8, 4) is 5.75 Å². The van der Waals surface area contributed by atoms with Crippen molar-refractivity contribution >= 4 is 17.1 Å². The molecule has 0 unspecified atom stereocenters. The van der Waals surface area contributed by atoms with Crippen molar-refractivity contribution in [2.24, 2.45) is 17.3 Å². The number of nitrogens with zero attached hydrogens (tertiary/aromatic N) is 1. The van der Waals surface area contributed by atoms with E-state index in [1.807, 2.05) is 14.1 Å². The van der Waals surface area contributed by atoms with Crippen LogP contribution in [-0.2, 0) is 9.59 Å². The summed E-state index contributed by atoms with van der Waals surface area (Å²) in [5, 5.41) is 0. The average Bonchev–Trinajstić information content (AvgIpc) is 3.07. The first kappa shape index (κ1) is 21.6. The average molecular weight is 434 g/mol. The number of carbonyl (C=O) groups is 2. The van der Waals surface area contributed by atoms with Crippen molar-refractivity contribution < 1.29 is 14.3 Å². The minimum absolute atomic E-state index is 0.243. The Kier molecular flexibility index (Phi) is 5.61. The number of likely N-dealkylation sites (N-methyl/N-ethyl adjacent to an activating group) is 1. The third-order valence-corrected chi connectivity index (χ3v) is 8.45. The second kappa shape index (κ2) is 8.30. The molecule has 1 aromatic rings. The molecule has 1 aromatic carbocycles. The Labute approximate surface area is 191 Å². The van der Waals surface area contributed by atoms with Gasteiger partial charge in [-0.3, -0.25) is 9.59 Å². The van der Waals surface area contributed by atoms with Crippen LogP contribution in [-0.4, -0.2) is 43.7 Å². The van der Waals surface area contributed by atoms with E-state index < -0.39 is 0 Å². The Morgan fingerprint density at radius 2 is 1.78 bits per heavy atom. The highest BCUT2D eigenvalue weighted by atomic mass is 16.5. The van der Waals surface area contributed by atoms with E-state index in [9.17, 15) is 9.59 Å². The molecule has 4 aliphatic carbocycles. The smallest absolute Gasteiger partial charge is 0.139 e. The summed E-state index contributed by atoms with van der Waals surface area (Å²) >= 11 is 0. The molecule has 1 saturated carbocycles. The number of Topliss-reactive ketones (excluding diaryl/α,β-unsaturated/α-hetero) is 2. The summed E-state index contributed by atoms with van der Waals surface area (Å²) in [4.78, 5) is 27.3. The number of rotatable bonds is 5. The largest absolute Gasteiger partial charge is 0.492 e. The molecule has 0 aliphatic heterocycles. The van der Waals surface area contributed by atoms with E-state index in [4.69, 9.17) is 4.74 Å². The molecular formula is C28H35NO3. The molecule has 0 aromatic heterocycles. The summed E-state index contributed by atoms with van der Waals surface area (Å²) in [7, 11) is 4.09. The molecule has 4 nitrogen and oxygen atoms in total. The zero-order valence-electron chi connectivity index (χ0n) is 19.7. The lowest BCUT2D eigenvalue weighted by Gasteiger charge is -2.47. The van der Waals surface area contributed by atoms with Gasteiger partial charge in [0.1, 0.15) is 23.9 Å². The Bertz CT molecular complexity index is 1000. The lowest BCUT2D eigenvalue weighted by molar-refractivity contribution is -0.126. The molecule has 5 rings (SSSR count). The standard InChI is InChI=1S/C28H35NO3/c1-28-17-24(18-4-8-21(9-5-18)32-15-14-29(2)3)27-22-11-7-20(30)16-19(22)6-10-23(27)25(28)12-13-26(28)31/h4-5,8-9,23,25H,6-7,10-17H2,1-3H3/t23-,25-,28-/m0/s1. The van der Waals surface area contributed by atoms with Gasteiger partial charge in [-0.05, 0) is 92.5 Å². The topological polar surface area (TPSA) is 46.6 Å². The molecule has 0 saturated heterocycles. The fraction of sp³-hybridized carbons (Fsp3) is 0.571. The SMILES string of the molecule is CN(C)CCOc1ccc(C2=C3C4=C(CC[C@H]3[C@@H]3CCC(=O)[C@@]3(C)C2)CC(=O)CC4)cc1. The minimum Gasteiger partial charge on any atom is -0.492 e. The van der Waals surface area contributed by atoms with Crippen LogP contribution in [0.15, 0.2) is 41.0 Å². The Morgan fingerprint density at radius 1 is 1.00 bits per heavy atom. The van der Waals surface area contributed by atoms with Gasteiger partial charge in [-0.2, -0.15) is 0 Å². The molecule has 0 radical (unpaired) electrons. The first-order valence-corrected chi connectivity index (χ1v) is 12.2. The van der Waals surface area contributed by atoms with Crippen LogP contribution in [0, 0.1) is 17.3 Å². The van der Waals surface area contributed by atoms with Gasteiger partial charge in [-0.1, -0.05) is 24.6 Å². The van der Waals surface area contributed by atoms with Crippen LogP contribution in [0.25, 0.3) is 5.57 Å². The monoisotopic (exact) mass is 433 g/mol. The van der Waals surface area contributed by atoms with Crippen molar-refractivity contribution in [2.45, 2.75) is 58.3 Å². The van der Waals surface area contributed by atoms with Gasteiger partial charge in [0.2, 0.25) is 0 Å². The molecule has 0 N–H and O–H groups in total. The highest BCUT2D eigenvalue weighted by molar-refractivity contribution is 5.92. The first-order chi connectivity index (χ1) is 15.4. The van der Waals surface area contributed by atoms with Gasteiger partial charge in [0.05, 0.1) is 0 Å². The van der Waals surface area contributed by atoms with E-state index >= 15 is 0 Å². The van der Waals surface area contributed by atoms with Crippen LogP contribution >= 0.6 is 0 Å². The van der Waals surface area contributed by atoms with E-state index in [2.05, 4.69) is 36.1 Å². The second-order valence-electron chi connectivity index (χ2n) is 10.7. The summed E-state index contributed by atoms with van der Waals surface area (Å²) in [5.74, 6) is 2.63. The number of hydrogen-bond donors (Lipinski definition) is 0. The Morgan fingerprint density at radius 3 is 2.53 bits per heavy atom. The summed E-state index contributed by atoms with van der Waals surface area (Å²) in [5.41, 5.74) is 6.66. The lowest BCUT2D eigenvalue weighted by Crippen LogP contribution is -2.40. The van der Waals surface area contributed by atoms with E-state index in [-0.39, 0.29) is 5.41 Å². The molecule has 1 fully saturated rings. The van der Waals surface area contributed by atoms with Gasteiger partial charge in [0.25, 0.3) is 0 Å². The zero-order valence-corrected chi connectivity index (χ0v) is 19.7. The van der Waals surface area contributed by atoms with E-state index in [1.165, 1.54) is 27.9 Å². The van der Waals surface area contributed by atoms with Gasteiger partial charge in [-0.25, -0.2) is 0 Å². The second-order valence-corrected chi connectivity index (χ2v) is 10.7. The lowest BCUT2D eigenvalue weighted by atomic mass is 9.56. The summed E-state index contributed by atoms with van der Waals surface area (Å²) in [6.07, 6.45) is 6.88. The molecule has 0 bridgehead atoms. The normalized spacial score (nSPS) is 29.9.